The molecule has 36 heavy (non-hydrogen) atoms. The number of hydrogen-bond donors (Lipinski definition) is 2. The molecular formula is C28H41N3O5. The Labute approximate surface area is 212 Å². The van der Waals surface area contributed by atoms with Crippen LogP contribution in [0.25, 0.3) is 10.9 Å². The summed E-state index contributed by atoms with van der Waals surface area (Å²) in [7, 11) is 0. The molecule has 1 aromatic heterocycles. The summed E-state index contributed by atoms with van der Waals surface area (Å²) in [5.74, 6) is 2.54. The number of aromatic nitrogens is 2. The summed E-state index contributed by atoms with van der Waals surface area (Å²) in [5, 5.41) is 3.74. The number of hydrogen-bond acceptors (Lipinski definition) is 5. The summed E-state index contributed by atoms with van der Waals surface area (Å²) < 4.78 is 12.6. The minimum Gasteiger partial charge on any atom is -0.490 e. The predicted molar refractivity (Wildman–Crippen MR) is 141 cm³/mol. The van der Waals surface area contributed by atoms with E-state index >= 15 is 0 Å². The molecule has 2 aliphatic rings. The van der Waals surface area contributed by atoms with Crippen LogP contribution in [0.1, 0.15) is 72.6 Å². The first kappa shape index (κ1) is 26.3. The molecule has 0 unspecified atom stereocenters. The summed E-state index contributed by atoms with van der Waals surface area (Å²) in [6.07, 6.45) is 6.72. The van der Waals surface area contributed by atoms with Crippen molar-refractivity contribution in [2.75, 3.05) is 13.2 Å². The molecule has 1 aromatic carbocycles. The van der Waals surface area contributed by atoms with E-state index in [-0.39, 0.29) is 29.3 Å². The minimum atomic E-state index is -0.417. The van der Waals surface area contributed by atoms with E-state index in [1.165, 1.54) is 17.4 Å². The molecular weight excluding hydrogens is 458 g/mol. The highest BCUT2D eigenvalue weighted by Crippen LogP contribution is 2.33. The first-order valence-electron chi connectivity index (χ1n) is 13.7. The number of aromatic amines is 1. The Morgan fingerprint density at radius 1 is 1.00 bits per heavy atom. The van der Waals surface area contributed by atoms with Crippen LogP contribution < -0.4 is 26.0 Å². The van der Waals surface area contributed by atoms with Crippen molar-refractivity contribution in [1.82, 2.24) is 14.9 Å². The molecule has 2 aliphatic carbocycles. The van der Waals surface area contributed by atoms with Gasteiger partial charge in [0.1, 0.15) is 0 Å². The van der Waals surface area contributed by atoms with E-state index < -0.39 is 5.69 Å². The lowest BCUT2D eigenvalue weighted by molar-refractivity contribution is -0.127. The predicted octanol–water partition coefficient (Wildman–Crippen LogP) is 4.23. The maximum atomic E-state index is 13.3. The Kier molecular flexibility index (Phi) is 8.42. The Bertz CT molecular complexity index is 1180. The number of amides is 1. The van der Waals surface area contributed by atoms with Crippen molar-refractivity contribution in [1.29, 1.82) is 0 Å². The van der Waals surface area contributed by atoms with Gasteiger partial charge >= 0.3 is 5.69 Å². The normalized spacial score (nSPS) is 26.5. The number of nitrogens with one attached hydrogen (secondary N) is 2. The summed E-state index contributed by atoms with van der Waals surface area (Å²) in [6, 6.07) is 3.60. The lowest BCUT2D eigenvalue weighted by Gasteiger charge is -2.36. The summed E-state index contributed by atoms with van der Waals surface area (Å²) in [5.41, 5.74) is -0.294. The highest BCUT2D eigenvalue weighted by Gasteiger charge is 2.32. The second-order valence-electron chi connectivity index (χ2n) is 10.7. The van der Waals surface area contributed by atoms with Crippen molar-refractivity contribution < 1.29 is 14.3 Å². The van der Waals surface area contributed by atoms with Gasteiger partial charge in [0, 0.05) is 24.6 Å². The quantitative estimate of drug-likeness (QED) is 0.566. The molecule has 0 aliphatic heterocycles. The van der Waals surface area contributed by atoms with Gasteiger partial charge in [-0.1, -0.05) is 26.7 Å². The molecule has 198 valence electrons. The lowest BCUT2D eigenvalue weighted by atomic mass is 9.77. The van der Waals surface area contributed by atoms with E-state index in [2.05, 4.69) is 24.1 Å². The van der Waals surface area contributed by atoms with Crippen LogP contribution in [0.3, 0.4) is 0 Å². The third-order valence-corrected chi connectivity index (χ3v) is 8.34. The Balaban J connectivity index is 1.43. The van der Waals surface area contributed by atoms with Gasteiger partial charge in [-0.25, -0.2) is 4.79 Å². The fraction of sp³-hybridized carbons (Fsp3) is 0.679. The average Bonchev–Trinajstić information content (AvgIpc) is 2.86. The van der Waals surface area contributed by atoms with Gasteiger partial charge in [-0.2, -0.15) is 0 Å². The summed E-state index contributed by atoms with van der Waals surface area (Å²) in [6.45, 7) is 9.52. The molecule has 2 fully saturated rings. The Morgan fingerprint density at radius 3 is 2.33 bits per heavy atom. The molecule has 8 nitrogen and oxygen atoms in total. The van der Waals surface area contributed by atoms with Crippen molar-refractivity contribution in [2.24, 2.45) is 23.7 Å². The number of carbonyl (C=O) groups excluding carboxylic acids is 1. The average molecular weight is 500 g/mol. The lowest BCUT2D eigenvalue weighted by Crippen LogP contribution is -2.46. The van der Waals surface area contributed by atoms with Crippen LogP contribution >= 0.6 is 0 Å². The number of fused-ring (bicyclic) bond motifs is 1. The maximum absolute atomic E-state index is 13.3. The number of carbonyl (C=O) groups is 1. The molecule has 0 spiro atoms. The molecule has 1 amide bonds. The van der Waals surface area contributed by atoms with Crippen molar-refractivity contribution in [3.8, 4) is 11.5 Å². The Hall–Kier alpha value is -2.77. The number of nitrogens with zero attached hydrogens (tertiary/aromatic N) is 1. The summed E-state index contributed by atoms with van der Waals surface area (Å²) in [4.78, 5) is 41.9. The van der Waals surface area contributed by atoms with Crippen LogP contribution in [-0.4, -0.2) is 34.7 Å². The van der Waals surface area contributed by atoms with Gasteiger partial charge in [0.05, 0.1) is 24.1 Å². The van der Waals surface area contributed by atoms with Gasteiger partial charge in [0.15, 0.2) is 11.5 Å². The van der Waals surface area contributed by atoms with Crippen molar-refractivity contribution in [3.63, 3.8) is 0 Å². The zero-order valence-electron chi connectivity index (χ0n) is 22.1. The number of ether oxygens (including phenoxy) is 2. The first-order valence-corrected chi connectivity index (χ1v) is 13.7. The van der Waals surface area contributed by atoms with E-state index in [9.17, 15) is 14.4 Å². The number of rotatable bonds is 8. The van der Waals surface area contributed by atoms with Crippen LogP contribution in [-0.2, 0) is 11.3 Å². The molecule has 2 saturated carbocycles. The van der Waals surface area contributed by atoms with Crippen LogP contribution in [0, 0.1) is 23.7 Å². The largest absolute Gasteiger partial charge is 0.490 e. The summed E-state index contributed by atoms with van der Waals surface area (Å²) >= 11 is 0. The van der Waals surface area contributed by atoms with Crippen LogP contribution in [0.5, 0.6) is 11.5 Å². The zero-order chi connectivity index (χ0) is 25.8. The molecule has 2 aromatic rings. The van der Waals surface area contributed by atoms with Crippen molar-refractivity contribution in [2.45, 2.75) is 85.2 Å². The van der Waals surface area contributed by atoms with E-state index in [0.29, 0.717) is 54.0 Å². The van der Waals surface area contributed by atoms with Gasteiger partial charge in [0.2, 0.25) is 5.91 Å². The van der Waals surface area contributed by atoms with E-state index in [1.807, 2.05) is 13.8 Å². The maximum Gasteiger partial charge on any atom is 0.328 e. The van der Waals surface area contributed by atoms with E-state index in [4.69, 9.17) is 9.47 Å². The van der Waals surface area contributed by atoms with Gasteiger partial charge in [-0.3, -0.25) is 14.2 Å². The smallest absolute Gasteiger partial charge is 0.328 e. The standard InChI is InChI=1S/C28H41N3O5/c1-5-35-24-14-21-23(15-25(24)36-6-2)30-28(34)31(27(21)33)16-19-10-12-20(13-11-19)26(32)29-22-9-7-8-17(3)18(22)4/h14-15,17-20,22H,5-13,16H2,1-4H3,(H,29,32)(H,30,34)/t17-,18+,19?,20?,22+/m0/s1. The molecule has 2 N–H and O–H groups in total. The van der Waals surface area contributed by atoms with Gasteiger partial charge in [-0.05, 0) is 69.8 Å². The third kappa shape index (κ3) is 5.62. The highest BCUT2D eigenvalue weighted by atomic mass is 16.5. The van der Waals surface area contributed by atoms with Crippen molar-refractivity contribution >= 4 is 16.8 Å². The number of H-pyrrole nitrogens is 1. The monoisotopic (exact) mass is 499 g/mol. The van der Waals surface area contributed by atoms with E-state index in [1.54, 1.807) is 12.1 Å². The minimum absolute atomic E-state index is 0.0167. The Morgan fingerprint density at radius 2 is 1.67 bits per heavy atom. The molecule has 0 bridgehead atoms. The second kappa shape index (κ2) is 11.5. The second-order valence-corrected chi connectivity index (χ2v) is 10.7. The number of benzene rings is 1. The highest BCUT2D eigenvalue weighted by molar-refractivity contribution is 5.81. The van der Waals surface area contributed by atoms with Crippen LogP contribution in [0.2, 0.25) is 0 Å². The third-order valence-electron chi connectivity index (χ3n) is 8.34. The zero-order valence-corrected chi connectivity index (χ0v) is 22.1. The van der Waals surface area contributed by atoms with Gasteiger partial charge < -0.3 is 19.8 Å². The molecule has 1 heterocycles. The molecule has 4 rings (SSSR count). The van der Waals surface area contributed by atoms with Crippen LogP contribution in [0.4, 0.5) is 0 Å². The van der Waals surface area contributed by atoms with E-state index in [0.717, 1.165) is 32.1 Å². The van der Waals surface area contributed by atoms with Crippen LogP contribution in [0.15, 0.2) is 21.7 Å². The molecule has 0 saturated heterocycles. The van der Waals surface area contributed by atoms with Gasteiger partial charge in [-0.15, -0.1) is 0 Å². The topological polar surface area (TPSA) is 102 Å². The van der Waals surface area contributed by atoms with Crippen molar-refractivity contribution in [3.05, 3.63) is 33.0 Å². The molecule has 8 heteroatoms. The first-order chi connectivity index (χ1) is 17.3. The SMILES string of the molecule is CCOc1cc2[nH]c(=O)n(CC3CCC(C(=O)N[C@@H]4CCC[C@H](C)[C@H]4C)CC3)c(=O)c2cc1OCC. The fourth-order valence-corrected chi connectivity index (χ4v) is 5.91. The molecule has 0 radical (unpaired) electrons. The van der Waals surface area contributed by atoms with Gasteiger partial charge in [0.25, 0.3) is 5.56 Å². The molecule has 3 atom stereocenters. The fourth-order valence-electron chi connectivity index (χ4n) is 5.91.